The molecule has 0 spiro atoms. The minimum absolute atomic E-state index is 0.128. The predicted octanol–water partition coefficient (Wildman–Crippen LogP) is 2.75. The van der Waals surface area contributed by atoms with Gasteiger partial charge in [0.05, 0.1) is 6.61 Å². The first-order chi connectivity index (χ1) is 11.1. The van der Waals surface area contributed by atoms with Gasteiger partial charge in [-0.25, -0.2) is 4.79 Å². The van der Waals surface area contributed by atoms with Crippen molar-refractivity contribution in [3.05, 3.63) is 29.1 Å². The van der Waals surface area contributed by atoms with Crippen LogP contribution in [0.1, 0.15) is 23.5 Å². The number of thiophene rings is 1. The van der Waals surface area contributed by atoms with Crippen LogP contribution in [0.3, 0.4) is 0 Å². The van der Waals surface area contributed by atoms with Crippen molar-refractivity contribution >= 4 is 39.0 Å². The van der Waals surface area contributed by atoms with Gasteiger partial charge in [-0.3, -0.25) is 4.79 Å². The molecule has 23 heavy (non-hydrogen) atoms. The fourth-order valence-corrected chi connectivity index (χ4v) is 3.86. The van der Waals surface area contributed by atoms with E-state index in [4.69, 9.17) is 4.74 Å². The molecule has 1 aromatic carbocycles. The van der Waals surface area contributed by atoms with E-state index in [1.54, 1.807) is 6.92 Å². The molecule has 2 aromatic rings. The number of fused-ring (bicyclic) bond motifs is 1. The Morgan fingerprint density at radius 2 is 1.96 bits per heavy atom. The number of rotatable bonds is 3. The molecule has 0 radical (unpaired) electrons. The number of esters is 1. The van der Waals surface area contributed by atoms with Crippen LogP contribution in [0.2, 0.25) is 0 Å². The summed E-state index contributed by atoms with van der Waals surface area (Å²) in [6.07, 6.45) is 0. The van der Waals surface area contributed by atoms with Crippen molar-refractivity contribution in [3.8, 4) is 0 Å². The van der Waals surface area contributed by atoms with Crippen molar-refractivity contribution in [3.63, 3.8) is 0 Å². The zero-order valence-corrected chi connectivity index (χ0v) is 14.2. The number of amides is 1. The van der Waals surface area contributed by atoms with E-state index in [0.717, 1.165) is 42.0 Å². The number of carbonyl (C=O) groups excluding carboxylic acids is 2. The number of benzene rings is 1. The molecule has 1 aliphatic heterocycles. The monoisotopic (exact) mass is 332 g/mol. The van der Waals surface area contributed by atoms with E-state index in [-0.39, 0.29) is 11.9 Å². The largest absolute Gasteiger partial charge is 0.462 e. The molecule has 1 amide bonds. The number of ether oxygens (including phenoxy) is 1. The first-order valence-electron chi connectivity index (χ1n) is 7.80. The third-order valence-electron chi connectivity index (χ3n) is 4.08. The maximum Gasteiger partial charge on any atom is 0.348 e. The van der Waals surface area contributed by atoms with E-state index < -0.39 is 0 Å². The standard InChI is InChI=1S/C17H20N2O3S/c1-3-22-17(21)16-11-13-14(5-4-6-15(13)23-16)19-9-7-18(8-10-19)12(2)20/h4-6,11H,3,7-10H2,1-2H3. The Hall–Kier alpha value is -2.08. The minimum atomic E-state index is -0.263. The van der Waals surface area contributed by atoms with Gasteiger partial charge in [0.25, 0.3) is 0 Å². The summed E-state index contributed by atoms with van der Waals surface area (Å²) < 4.78 is 6.18. The molecule has 1 saturated heterocycles. The van der Waals surface area contributed by atoms with Gasteiger partial charge in [0.1, 0.15) is 4.88 Å². The van der Waals surface area contributed by atoms with Crippen molar-refractivity contribution in [1.29, 1.82) is 0 Å². The second kappa shape index (κ2) is 6.58. The van der Waals surface area contributed by atoms with Crippen LogP contribution in [0.25, 0.3) is 10.1 Å². The lowest BCUT2D eigenvalue weighted by Gasteiger charge is -2.36. The summed E-state index contributed by atoms with van der Waals surface area (Å²) in [5.41, 5.74) is 1.12. The topological polar surface area (TPSA) is 49.9 Å². The molecule has 1 aromatic heterocycles. The first-order valence-corrected chi connectivity index (χ1v) is 8.62. The Morgan fingerprint density at radius 3 is 2.61 bits per heavy atom. The van der Waals surface area contributed by atoms with Crippen LogP contribution in [0, 0.1) is 0 Å². The summed E-state index contributed by atoms with van der Waals surface area (Å²) in [6, 6.07) is 8.04. The van der Waals surface area contributed by atoms with Crippen LogP contribution in [0.4, 0.5) is 5.69 Å². The Balaban J connectivity index is 1.87. The van der Waals surface area contributed by atoms with Gasteiger partial charge in [0, 0.05) is 48.9 Å². The van der Waals surface area contributed by atoms with E-state index in [1.165, 1.54) is 11.3 Å². The molecule has 0 atom stereocenters. The van der Waals surface area contributed by atoms with Crippen LogP contribution in [0.5, 0.6) is 0 Å². The SMILES string of the molecule is CCOC(=O)c1cc2c(N3CCN(C(C)=O)CC3)cccc2s1. The molecule has 0 saturated carbocycles. The number of hydrogen-bond acceptors (Lipinski definition) is 5. The summed E-state index contributed by atoms with van der Waals surface area (Å²) >= 11 is 1.46. The van der Waals surface area contributed by atoms with E-state index >= 15 is 0 Å². The van der Waals surface area contributed by atoms with Crippen molar-refractivity contribution < 1.29 is 14.3 Å². The van der Waals surface area contributed by atoms with Gasteiger partial charge in [-0.05, 0) is 25.1 Å². The lowest BCUT2D eigenvalue weighted by Crippen LogP contribution is -2.48. The maximum absolute atomic E-state index is 12.0. The predicted molar refractivity (Wildman–Crippen MR) is 92.2 cm³/mol. The summed E-state index contributed by atoms with van der Waals surface area (Å²) in [7, 11) is 0. The Kier molecular flexibility index (Phi) is 4.52. The number of carbonyl (C=O) groups is 2. The number of nitrogens with zero attached hydrogens (tertiary/aromatic N) is 2. The van der Waals surface area contributed by atoms with Crippen LogP contribution in [-0.4, -0.2) is 49.6 Å². The van der Waals surface area contributed by atoms with Gasteiger partial charge < -0.3 is 14.5 Å². The van der Waals surface area contributed by atoms with Crippen LogP contribution < -0.4 is 4.90 Å². The summed E-state index contributed by atoms with van der Waals surface area (Å²) in [5.74, 6) is -0.135. The molecule has 0 aliphatic carbocycles. The lowest BCUT2D eigenvalue weighted by molar-refractivity contribution is -0.129. The highest BCUT2D eigenvalue weighted by Gasteiger charge is 2.21. The highest BCUT2D eigenvalue weighted by Crippen LogP contribution is 2.34. The molecule has 3 rings (SSSR count). The van der Waals surface area contributed by atoms with Crippen molar-refractivity contribution in [1.82, 2.24) is 4.90 Å². The van der Waals surface area contributed by atoms with E-state index in [2.05, 4.69) is 11.0 Å². The van der Waals surface area contributed by atoms with Crippen molar-refractivity contribution in [2.24, 2.45) is 0 Å². The van der Waals surface area contributed by atoms with Crippen LogP contribution in [0.15, 0.2) is 24.3 Å². The molecule has 0 bridgehead atoms. The van der Waals surface area contributed by atoms with E-state index in [9.17, 15) is 9.59 Å². The summed E-state index contributed by atoms with van der Waals surface area (Å²) in [5, 5.41) is 1.08. The fourth-order valence-electron chi connectivity index (χ4n) is 2.89. The van der Waals surface area contributed by atoms with Gasteiger partial charge in [-0.2, -0.15) is 0 Å². The van der Waals surface area contributed by atoms with Crippen LogP contribution >= 0.6 is 11.3 Å². The summed E-state index contributed by atoms with van der Waals surface area (Å²) in [6.45, 7) is 6.90. The van der Waals surface area contributed by atoms with Gasteiger partial charge in [-0.1, -0.05) is 6.07 Å². The highest BCUT2D eigenvalue weighted by atomic mass is 32.1. The molecule has 0 N–H and O–H groups in total. The fraction of sp³-hybridized carbons (Fsp3) is 0.412. The first kappa shape index (κ1) is 15.8. The Morgan fingerprint density at radius 1 is 1.22 bits per heavy atom. The molecule has 2 heterocycles. The maximum atomic E-state index is 12.0. The summed E-state index contributed by atoms with van der Waals surface area (Å²) in [4.78, 5) is 28.2. The highest BCUT2D eigenvalue weighted by molar-refractivity contribution is 7.20. The number of piperazine rings is 1. The average Bonchev–Trinajstić information content (AvgIpc) is 2.99. The quantitative estimate of drug-likeness (QED) is 0.811. The molecule has 1 aliphatic rings. The zero-order chi connectivity index (χ0) is 16.4. The van der Waals surface area contributed by atoms with E-state index in [0.29, 0.717) is 11.5 Å². The molecule has 6 heteroatoms. The third-order valence-corrected chi connectivity index (χ3v) is 5.16. The van der Waals surface area contributed by atoms with Gasteiger partial charge in [0.2, 0.25) is 5.91 Å². The zero-order valence-electron chi connectivity index (χ0n) is 13.4. The van der Waals surface area contributed by atoms with E-state index in [1.807, 2.05) is 30.0 Å². The third kappa shape index (κ3) is 3.17. The second-order valence-corrected chi connectivity index (χ2v) is 6.60. The molecular formula is C17H20N2O3S. The average molecular weight is 332 g/mol. The smallest absolute Gasteiger partial charge is 0.348 e. The van der Waals surface area contributed by atoms with Gasteiger partial charge >= 0.3 is 5.97 Å². The van der Waals surface area contributed by atoms with Gasteiger partial charge in [-0.15, -0.1) is 11.3 Å². The minimum Gasteiger partial charge on any atom is -0.462 e. The Bertz CT molecular complexity index is 733. The molecule has 122 valence electrons. The number of hydrogen-bond donors (Lipinski definition) is 0. The molecule has 5 nitrogen and oxygen atoms in total. The van der Waals surface area contributed by atoms with Crippen molar-refractivity contribution in [2.45, 2.75) is 13.8 Å². The number of anilines is 1. The van der Waals surface area contributed by atoms with Crippen molar-refractivity contribution in [2.75, 3.05) is 37.7 Å². The molecule has 0 unspecified atom stereocenters. The van der Waals surface area contributed by atoms with Gasteiger partial charge in [0.15, 0.2) is 0 Å². The second-order valence-electron chi connectivity index (χ2n) is 5.51. The normalized spacial score (nSPS) is 15.0. The molecular weight excluding hydrogens is 312 g/mol. The Labute approximate surface area is 139 Å². The molecule has 1 fully saturated rings. The van der Waals surface area contributed by atoms with Crippen LogP contribution in [-0.2, 0) is 9.53 Å². The lowest BCUT2D eigenvalue weighted by atomic mass is 10.1.